The Morgan fingerprint density at radius 3 is 1.56 bits per heavy atom. The van der Waals surface area contributed by atoms with E-state index in [1.165, 1.54) is 47.1 Å². The quantitative estimate of drug-likeness (QED) is 0.423. The number of unbranched alkanes of at least 4 members (excludes halogenated alkanes) is 2. The van der Waals surface area contributed by atoms with Gasteiger partial charge in [-0.05, 0) is 0 Å². The van der Waals surface area contributed by atoms with E-state index in [0.29, 0.717) is 9.26 Å². The third-order valence-corrected chi connectivity index (χ3v) is 15.0. The molecule has 0 saturated heterocycles. The first-order chi connectivity index (χ1) is 13.3. The Kier molecular flexibility index (Phi) is 5.76. The Balaban J connectivity index is 1.83. The van der Waals surface area contributed by atoms with Crippen molar-refractivity contribution >= 4 is 12.2 Å². The molecule has 0 bridgehead atoms. The molecule has 4 rings (SSSR count). The molecule has 2 unspecified atom stereocenters. The van der Waals surface area contributed by atoms with Gasteiger partial charge in [-0.2, -0.15) is 0 Å². The van der Waals surface area contributed by atoms with Crippen LogP contribution in [0.4, 0.5) is 0 Å². The zero-order valence-electron chi connectivity index (χ0n) is 16.8. The molecule has 2 aliphatic carbocycles. The number of hydrogen-bond donors (Lipinski definition) is 0. The van der Waals surface area contributed by atoms with Crippen molar-refractivity contribution < 1.29 is 14.0 Å². The van der Waals surface area contributed by atoms with Gasteiger partial charge < -0.3 is 0 Å². The maximum atomic E-state index is 2.60. The average Bonchev–Trinajstić information content (AvgIpc) is 3.34. The molecular weight excluding hydrogens is 363 g/mol. The van der Waals surface area contributed by atoms with Gasteiger partial charge in [-0.1, -0.05) is 0 Å². The van der Waals surface area contributed by atoms with Gasteiger partial charge in [0.25, 0.3) is 0 Å². The van der Waals surface area contributed by atoms with Crippen LogP contribution in [0, 0.1) is 0 Å². The van der Waals surface area contributed by atoms with Gasteiger partial charge in [0, 0.05) is 0 Å². The van der Waals surface area contributed by atoms with Crippen molar-refractivity contribution in [3.63, 3.8) is 0 Å². The summed E-state index contributed by atoms with van der Waals surface area (Å²) in [6.07, 6.45) is 15.4. The van der Waals surface area contributed by atoms with E-state index in [2.05, 4.69) is 86.7 Å². The molecule has 2 aromatic rings. The molecule has 0 nitrogen and oxygen atoms in total. The van der Waals surface area contributed by atoms with E-state index in [1.807, 2.05) is 0 Å². The molecule has 0 fully saturated rings. The zero-order chi connectivity index (χ0) is 18.7. The molecule has 2 aromatic carbocycles. The fourth-order valence-electron chi connectivity index (χ4n) is 5.10. The number of benzene rings is 2. The standard InChI is InChI=1S/2C9H7.2C4H9.V/c2*1-2-5-9-7-3-6-8(9)4-1;2*1-3-4-2;/h2*1-7H;2*1,3-4H2,2H3;. The van der Waals surface area contributed by atoms with Crippen LogP contribution in [0.25, 0.3) is 12.2 Å². The number of allylic oxidation sites excluding steroid dienone is 2. The van der Waals surface area contributed by atoms with Crippen molar-refractivity contribution in [3.8, 4) is 0 Å². The summed E-state index contributed by atoms with van der Waals surface area (Å²) in [7, 11) is 0. The zero-order valence-corrected chi connectivity index (χ0v) is 18.2. The fraction of sp³-hybridized carbons (Fsp3) is 0.385. The molecule has 0 saturated carbocycles. The molecule has 0 aliphatic heterocycles. The van der Waals surface area contributed by atoms with Gasteiger partial charge in [0.15, 0.2) is 0 Å². The van der Waals surface area contributed by atoms with Crippen LogP contribution in [0.3, 0.4) is 0 Å². The van der Waals surface area contributed by atoms with Gasteiger partial charge in [0.2, 0.25) is 0 Å². The molecule has 141 valence electrons. The van der Waals surface area contributed by atoms with Crippen molar-refractivity contribution in [3.05, 3.63) is 82.9 Å². The maximum absolute atomic E-state index is 2.60. The van der Waals surface area contributed by atoms with Gasteiger partial charge in [0.05, 0.1) is 0 Å². The predicted octanol–water partition coefficient (Wildman–Crippen LogP) is 8.11. The van der Waals surface area contributed by atoms with Crippen molar-refractivity contribution in [2.24, 2.45) is 0 Å². The summed E-state index contributed by atoms with van der Waals surface area (Å²) < 4.78 is 1.39. The Hall–Kier alpha value is -1.50. The van der Waals surface area contributed by atoms with Crippen LogP contribution >= 0.6 is 0 Å². The summed E-state index contributed by atoms with van der Waals surface area (Å²) in [5.41, 5.74) is 6.18. The second kappa shape index (κ2) is 8.25. The van der Waals surface area contributed by atoms with E-state index < -0.39 is 14.0 Å². The molecule has 2 aliphatic rings. The molecule has 0 amide bonds. The van der Waals surface area contributed by atoms with E-state index in [9.17, 15) is 0 Å². The third kappa shape index (κ3) is 3.39. The summed E-state index contributed by atoms with van der Waals surface area (Å²) in [4.78, 5) is 0. The van der Waals surface area contributed by atoms with Crippen molar-refractivity contribution in [2.75, 3.05) is 0 Å². The van der Waals surface area contributed by atoms with Gasteiger partial charge in [-0.15, -0.1) is 0 Å². The summed E-state index contributed by atoms with van der Waals surface area (Å²) in [5, 5.41) is 2.95. The van der Waals surface area contributed by atoms with Crippen molar-refractivity contribution in [1.29, 1.82) is 0 Å². The molecule has 0 heterocycles. The number of fused-ring (bicyclic) bond motifs is 2. The van der Waals surface area contributed by atoms with Crippen LogP contribution < -0.4 is 0 Å². The SMILES string of the molecule is CCC[CH2][V]([CH2]CCC)([CH]1C=Cc2ccccc21)[CH]1C=Cc2ccccc21. The van der Waals surface area contributed by atoms with Gasteiger partial charge in [-0.25, -0.2) is 0 Å². The molecule has 0 spiro atoms. The molecular formula is C26H32V. The Morgan fingerprint density at radius 2 is 1.11 bits per heavy atom. The van der Waals surface area contributed by atoms with Gasteiger partial charge in [0.1, 0.15) is 0 Å². The summed E-state index contributed by atoms with van der Waals surface area (Å²) >= 11 is -2.10. The second-order valence-electron chi connectivity index (χ2n) is 8.12. The summed E-state index contributed by atoms with van der Waals surface area (Å²) in [6, 6.07) is 18.4. The second-order valence-corrected chi connectivity index (χ2v) is 14.7. The summed E-state index contributed by atoms with van der Waals surface area (Å²) in [5.74, 6) is 0. The third-order valence-electron chi connectivity index (χ3n) is 6.51. The molecule has 1 heteroatoms. The van der Waals surface area contributed by atoms with Crippen LogP contribution in [0.5, 0.6) is 0 Å². The van der Waals surface area contributed by atoms with Crippen molar-refractivity contribution in [1.82, 2.24) is 0 Å². The van der Waals surface area contributed by atoms with E-state index in [-0.39, 0.29) is 0 Å². The molecule has 0 N–H and O–H groups in total. The van der Waals surface area contributed by atoms with E-state index in [4.69, 9.17) is 0 Å². The first-order valence-corrected chi connectivity index (χ1v) is 14.3. The Bertz CT molecular complexity index is 773. The van der Waals surface area contributed by atoms with Crippen LogP contribution in [0.2, 0.25) is 10.3 Å². The first-order valence-electron chi connectivity index (χ1n) is 10.7. The number of hydrogen-bond acceptors (Lipinski definition) is 0. The van der Waals surface area contributed by atoms with Gasteiger partial charge >= 0.3 is 168 Å². The minimum atomic E-state index is -2.10. The predicted molar refractivity (Wildman–Crippen MR) is 116 cm³/mol. The Morgan fingerprint density at radius 1 is 0.667 bits per heavy atom. The van der Waals surface area contributed by atoms with E-state index in [0.717, 1.165) is 0 Å². The van der Waals surface area contributed by atoms with Crippen LogP contribution in [-0.2, 0) is 14.0 Å². The van der Waals surface area contributed by atoms with Gasteiger partial charge in [-0.3, -0.25) is 0 Å². The molecule has 0 radical (unpaired) electrons. The van der Waals surface area contributed by atoms with E-state index >= 15 is 0 Å². The average molecular weight is 395 g/mol. The number of rotatable bonds is 8. The topological polar surface area (TPSA) is 0 Å². The van der Waals surface area contributed by atoms with E-state index in [1.54, 1.807) is 11.1 Å². The van der Waals surface area contributed by atoms with Crippen LogP contribution in [-0.4, -0.2) is 0 Å². The first kappa shape index (κ1) is 18.8. The monoisotopic (exact) mass is 395 g/mol. The van der Waals surface area contributed by atoms with Crippen LogP contribution in [0.15, 0.2) is 60.7 Å². The molecule has 2 atom stereocenters. The molecule has 27 heavy (non-hydrogen) atoms. The minimum absolute atomic E-state index is 0.693. The Labute approximate surface area is 168 Å². The van der Waals surface area contributed by atoms with Crippen LogP contribution in [0.1, 0.15) is 71.0 Å². The van der Waals surface area contributed by atoms with Crippen molar-refractivity contribution in [2.45, 2.75) is 59.1 Å². The molecule has 0 aromatic heterocycles. The normalized spacial score (nSPS) is 20.1. The fourth-order valence-corrected chi connectivity index (χ4v) is 14.4. The summed E-state index contributed by atoms with van der Waals surface area (Å²) in [6.45, 7) is 4.72.